The van der Waals surface area contributed by atoms with E-state index in [9.17, 15) is 9.59 Å². The van der Waals surface area contributed by atoms with Gasteiger partial charge in [0.25, 0.3) is 5.91 Å². The van der Waals surface area contributed by atoms with E-state index in [1.165, 1.54) is 12.8 Å². The van der Waals surface area contributed by atoms with Crippen molar-refractivity contribution in [2.45, 2.75) is 31.8 Å². The monoisotopic (exact) mass is 302 g/mol. The van der Waals surface area contributed by atoms with Crippen molar-refractivity contribution in [1.82, 2.24) is 10.6 Å². The molecule has 1 saturated heterocycles. The first-order valence-electron chi connectivity index (χ1n) is 7.39. The van der Waals surface area contributed by atoms with Crippen molar-refractivity contribution in [2.75, 3.05) is 6.79 Å². The molecule has 1 aromatic carbocycles. The Morgan fingerprint density at radius 1 is 1.18 bits per heavy atom. The predicted octanol–water partition coefficient (Wildman–Crippen LogP) is 2.16. The Morgan fingerprint density at radius 3 is 2.73 bits per heavy atom. The highest BCUT2D eigenvalue weighted by Gasteiger charge is 2.22. The van der Waals surface area contributed by atoms with Gasteiger partial charge in [0.2, 0.25) is 0 Å². The molecule has 2 fully saturated rings. The van der Waals surface area contributed by atoms with E-state index in [1.807, 2.05) is 18.2 Å². The van der Waals surface area contributed by atoms with E-state index >= 15 is 0 Å². The number of urea groups is 1. The van der Waals surface area contributed by atoms with Crippen molar-refractivity contribution in [3.8, 4) is 5.75 Å². The maximum Gasteiger partial charge on any atom is 0.326 e. The summed E-state index contributed by atoms with van der Waals surface area (Å²) in [6.07, 6.45) is 6.56. The molecule has 0 unspecified atom stereocenters. The van der Waals surface area contributed by atoms with Crippen LogP contribution in [-0.4, -0.2) is 24.8 Å². The Balaban J connectivity index is 1.59. The molecule has 1 saturated carbocycles. The molecule has 0 bridgehead atoms. The smallest absolute Gasteiger partial charge is 0.326 e. The fourth-order valence-corrected chi connectivity index (χ4v) is 2.60. The molecule has 2 N–H and O–H groups in total. The zero-order valence-electron chi connectivity index (χ0n) is 12.1. The van der Waals surface area contributed by atoms with Crippen molar-refractivity contribution in [2.24, 2.45) is 0 Å². The van der Waals surface area contributed by atoms with Gasteiger partial charge in [0.15, 0.2) is 6.79 Å². The maximum atomic E-state index is 11.5. The van der Waals surface area contributed by atoms with Gasteiger partial charge in [0.05, 0.1) is 6.10 Å². The first-order valence-corrected chi connectivity index (χ1v) is 7.39. The number of hydrogen-bond donors (Lipinski definition) is 2. The number of benzene rings is 1. The van der Waals surface area contributed by atoms with Crippen molar-refractivity contribution in [3.05, 3.63) is 35.5 Å². The number of hydrogen-bond acceptors (Lipinski definition) is 4. The Hall–Kier alpha value is -2.34. The van der Waals surface area contributed by atoms with Gasteiger partial charge < -0.3 is 14.8 Å². The summed E-state index contributed by atoms with van der Waals surface area (Å²) < 4.78 is 11.2. The van der Waals surface area contributed by atoms with Gasteiger partial charge in [-0.05, 0) is 36.6 Å². The lowest BCUT2D eigenvalue weighted by molar-refractivity contribution is -0.115. The van der Waals surface area contributed by atoms with Crippen LogP contribution in [-0.2, 0) is 9.53 Å². The highest BCUT2D eigenvalue weighted by Crippen LogP contribution is 2.21. The van der Waals surface area contributed by atoms with Crippen LogP contribution in [0.5, 0.6) is 5.75 Å². The van der Waals surface area contributed by atoms with Gasteiger partial charge in [-0.25, -0.2) is 4.79 Å². The Labute approximate surface area is 128 Å². The van der Waals surface area contributed by atoms with Crippen LogP contribution in [0, 0.1) is 0 Å². The molecule has 6 nitrogen and oxygen atoms in total. The average molecular weight is 302 g/mol. The van der Waals surface area contributed by atoms with E-state index in [2.05, 4.69) is 10.6 Å². The molecule has 3 rings (SSSR count). The van der Waals surface area contributed by atoms with E-state index in [0.29, 0.717) is 11.9 Å². The minimum absolute atomic E-state index is 0.224. The normalized spacial score (nSPS) is 20.3. The summed E-state index contributed by atoms with van der Waals surface area (Å²) in [7, 11) is 0. The minimum Gasteiger partial charge on any atom is -0.468 e. The van der Waals surface area contributed by atoms with Crippen molar-refractivity contribution < 1.29 is 19.1 Å². The van der Waals surface area contributed by atoms with Gasteiger partial charge in [-0.15, -0.1) is 0 Å². The van der Waals surface area contributed by atoms with Crippen LogP contribution in [0.15, 0.2) is 30.0 Å². The summed E-state index contributed by atoms with van der Waals surface area (Å²) >= 11 is 0. The van der Waals surface area contributed by atoms with Crippen molar-refractivity contribution >= 4 is 18.0 Å². The van der Waals surface area contributed by atoms with Crippen LogP contribution in [0.1, 0.15) is 31.2 Å². The Bertz CT molecular complexity index is 606. The zero-order valence-corrected chi connectivity index (χ0v) is 12.1. The molecular weight excluding hydrogens is 284 g/mol. The van der Waals surface area contributed by atoms with Crippen LogP contribution >= 0.6 is 0 Å². The highest BCUT2D eigenvalue weighted by molar-refractivity contribution is 6.13. The second-order valence-electron chi connectivity index (χ2n) is 5.37. The molecule has 0 spiro atoms. The largest absolute Gasteiger partial charge is 0.468 e. The molecule has 1 heterocycles. The van der Waals surface area contributed by atoms with E-state index in [-0.39, 0.29) is 12.5 Å². The molecule has 1 aliphatic carbocycles. The van der Waals surface area contributed by atoms with Gasteiger partial charge in [0.1, 0.15) is 11.4 Å². The number of carbonyl (C=O) groups excluding carboxylic acids is 2. The number of amides is 3. The van der Waals surface area contributed by atoms with E-state index < -0.39 is 11.9 Å². The number of imide groups is 1. The SMILES string of the molecule is O=C1NC(=O)/C(=C\c2cccc(OCOC3CCCC3)c2)N1. The molecule has 22 heavy (non-hydrogen) atoms. The van der Waals surface area contributed by atoms with E-state index in [1.54, 1.807) is 12.1 Å². The molecule has 116 valence electrons. The van der Waals surface area contributed by atoms with Crippen LogP contribution in [0.2, 0.25) is 0 Å². The lowest BCUT2D eigenvalue weighted by Crippen LogP contribution is -2.22. The molecule has 1 aliphatic heterocycles. The van der Waals surface area contributed by atoms with Crippen LogP contribution in [0.4, 0.5) is 4.79 Å². The summed E-state index contributed by atoms with van der Waals surface area (Å²) in [5.41, 5.74) is 0.995. The lowest BCUT2D eigenvalue weighted by Gasteiger charge is -2.12. The number of ether oxygens (including phenoxy) is 2. The van der Waals surface area contributed by atoms with E-state index in [0.717, 1.165) is 18.4 Å². The van der Waals surface area contributed by atoms with Crippen molar-refractivity contribution in [3.63, 3.8) is 0 Å². The van der Waals surface area contributed by atoms with Crippen LogP contribution < -0.4 is 15.4 Å². The van der Waals surface area contributed by atoms with Gasteiger partial charge in [-0.1, -0.05) is 25.0 Å². The van der Waals surface area contributed by atoms with Gasteiger partial charge in [0, 0.05) is 0 Å². The van der Waals surface area contributed by atoms with Crippen LogP contribution in [0.3, 0.4) is 0 Å². The summed E-state index contributed by atoms with van der Waals surface area (Å²) in [6, 6.07) is 6.77. The van der Waals surface area contributed by atoms with Gasteiger partial charge in [-0.2, -0.15) is 0 Å². The quantitative estimate of drug-likeness (QED) is 0.496. The third kappa shape index (κ3) is 3.65. The molecule has 3 amide bonds. The fraction of sp³-hybridized carbons (Fsp3) is 0.375. The molecule has 0 radical (unpaired) electrons. The second-order valence-corrected chi connectivity index (χ2v) is 5.37. The number of nitrogens with one attached hydrogen (secondary N) is 2. The lowest BCUT2D eigenvalue weighted by atomic mass is 10.2. The van der Waals surface area contributed by atoms with Gasteiger partial charge in [-0.3, -0.25) is 10.1 Å². The fourth-order valence-electron chi connectivity index (χ4n) is 2.60. The third-order valence-corrected chi connectivity index (χ3v) is 3.72. The number of rotatable bonds is 5. The second kappa shape index (κ2) is 6.62. The molecule has 0 atom stereocenters. The summed E-state index contributed by atoms with van der Waals surface area (Å²) in [4.78, 5) is 22.5. The molecule has 1 aromatic rings. The van der Waals surface area contributed by atoms with Crippen molar-refractivity contribution in [1.29, 1.82) is 0 Å². The standard InChI is InChI=1S/C16H18N2O4/c19-15-14(17-16(20)18-15)9-11-4-3-7-13(8-11)22-10-21-12-5-1-2-6-12/h3-4,7-9,12H,1-2,5-6,10H2,(H2,17,18,19,20)/b14-9+. The Kier molecular flexibility index (Phi) is 4.39. The van der Waals surface area contributed by atoms with Crippen LogP contribution in [0.25, 0.3) is 6.08 Å². The first kappa shape index (κ1) is 14.6. The minimum atomic E-state index is -0.506. The molecule has 0 aromatic heterocycles. The molecular formula is C16H18N2O4. The first-order chi connectivity index (χ1) is 10.7. The average Bonchev–Trinajstić information content (AvgIpc) is 3.10. The third-order valence-electron chi connectivity index (χ3n) is 3.72. The number of carbonyl (C=O) groups is 2. The zero-order chi connectivity index (χ0) is 15.4. The highest BCUT2D eigenvalue weighted by atomic mass is 16.7. The topological polar surface area (TPSA) is 76.7 Å². The summed E-state index contributed by atoms with van der Waals surface area (Å²) in [5, 5.41) is 4.61. The summed E-state index contributed by atoms with van der Waals surface area (Å²) in [5.74, 6) is 0.234. The Morgan fingerprint density at radius 2 is 2.00 bits per heavy atom. The predicted molar refractivity (Wildman–Crippen MR) is 79.9 cm³/mol. The molecule has 2 aliphatic rings. The molecule has 6 heteroatoms. The van der Waals surface area contributed by atoms with E-state index in [4.69, 9.17) is 9.47 Å². The maximum absolute atomic E-state index is 11.5. The van der Waals surface area contributed by atoms with Gasteiger partial charge >= 0.3 is 6.03 Å². The summed E-state index contributed by atoms with van der Waals surface area (Å²) in [6.45, 7) is 0.224.